The van der Waals surface area contributed by atoms with Gasteiger partial charge in [0.1, 0.15) is 0 Å². The highest BCUT2D eigenvalue weighted by molar-refractivity contribution is 6.30. The van der Waals surface area contributed by atoms with Gasteiger partial charge in [-0.2, -0.15) is 0 Å². The van der Waals surface area contributed by atoms with Gasteiger partial charge in [0.2, 0.25) is 0 Å². The molecular formula is C30H28ClFN2O. The van der Waals surface area contributed by atoms with E-state index in [1.807, 2.05) is 33.0 Å². The highest BCUT2D eigenvalue weighted by atomic mass is 35.5. The number of H-pyrrole nitrogens is 1. The first-order valence-corrected chi connectivity index (χ1v) is 12.1. The minimum atomic E-state index is -0.628. The molecule has 2 atom stereocenters. The Balaban J connectivity index is 1.84. The lowest BCUT2D eigenvalue weighted by molar-refractivity contribution is 0.0868. The Bertz CT molecular complexity index is 1540. The summed E-state index contributed by atoms with van der Waals surface area (Å²) in [6.45, 7) is 10.2. The van der Waals surface area contributed by atoms with Crippen LogP contribution in [0.4, 0.5) is 10.1 Å². The summed E-state index contributed by atoms with van der Waals surface area (Å²) in [5, 5.41) is 15.9. The number of aryl methyl sites for hydroxylation is 2. The fraction of sp³-hybridized carbons (Fsp3) is 0.267. The van der Waals surface area contributed by atoms with Gasteiger partial charge >= 0.3 is 0 Å². The summed E-state index contributed by atoms with van der Waals surface area (Å²) in [6, 6.07) is 13.2. The fourth-order valence-electron chi connectivity index (χ4n) is 5.24. The zero-order chi connectivity index (χ0) is 25.1. The summed E-state index contributed by atoms with van der Waals surface area (Å²) in [5.74, 6) is 5.61. The predicted molar refractivity (Wildman–Crippen MR) is 143 cm³/mol. The third-order valence-electron chi connectivity index (χ3n) is 7.16. The number of nitrogens with one attached hydrogen (secondary N) is 2. The van der Waals surface area contributed by atoms with Crippen LogP contribution in [0.5, 0.6) is 0 Å². The van der Waals surface area contributed by atoms with Crippen LogP contribution in [0.1, 0.15) is 54.5 Å². The van der Waals surface area contributed by atoms with E-state index in [0.717, 1.165) is 50.0 Å². The van der Waals surface area contributed by atoms with Crippen LogP contribution in [0.2, 0.25) is 5.02 Å². The molecule has 2 heterocycles. The number of rotatable bonds is 1. The number of para-hydroxylation sites is 1. The molecule has 0 spiro atoms. The molecule has 0 radical (unpaired) electrons. The number of anilines is 1. The molecule has 3 aromatic carbocycles. The van der Waals surface area contributed by atoms with Gasteiger partial charge in [-0.15, -0.1) is 0 Å². The number of halogens is 2. The van der Waals surface area contributed by atoms with E-state index < -0.39 is 17.5 Å². The number of hydrogen-bond donors (Lipinski definition) is 3. The van der Waals surface area contributed by atoms with Crippen molar-refractivity contribution in [3.05, 3.63) is 87.3 Å². The molecule has 1 aromatic heterocycles. The van der Waals surface area contributed by atoms with Crippen molar-refractivity contribution in [2.45, 2.75) is 52.2 Å². The Morgan fingerprint density at radius 2 is 1.77 bits per heavy atom. The second kappa shape index (κ2) is 8.45. The third-order valence-corrected chi connectivity index (χ3v) is 7.46. The molecule has 0 fully saturated rings. The highest BCUT2D eigenvalue weighted by Gasteiger charge is 2.40. The number of benzene rings is 3. The lowest BCUT2D eigenvalue weighted by Crippen LogP contribution is -2.50. The summed E-state index contributed by atoms with van der Waals surface area (Å²) in [6.07, 6.45) is 1.37. The van der Waals surface area contributed by atoms with Crippen LogP contribution >= 0.6 is 11.6 Å². The first kappa shape index (κ1) is 23.5. The maximum Gasteiger partial charge on any atom is 0.157 e. The molecule has 1 aliphatic heterocycles. The van der Waals surface area contributed by atoms with Crippen molar-refractivity contribution in [1.82, 2.24) is 4.98 Å². The zero-order valence-electron chi connectivity index (χ0n) is 20.5. The lowest BCUT2D eigenvalue weighted by Gasteiger charge is -2.43. The number of fused-ring (bicyclic) bond motifs is 2. The van der Waals surface area contributed by atoms with Gasteiger partial charge in [-0.25, -0.2) is 4.39 Å². The van der Waals surface area contributed by atoms with Gasteiger partial charge < -0.3 is 15.4 Å². The molecule has 0 unspecified atom stereocenters. The minimum Gasteiger partial charge on any atom is -0.390 e. The molecule has 0 bridgehead atoms. The summed E-state index contributed by atoms with van der Waals surface area (Å²) in [4.78, 5) is 3.41. The molecular weight excluding hydrogens is 459 g/mol. The first-order chi connectivity index (χ1) is 16.6. The Morgan fingerprint density at radius 1 is 1.03 bits per heavy atom. The largest absolute Gasteiger partial charge is 0.390 e. The standard InChI is InChI=1S/C30H28ClFN2O/c1-16-14-23(22-10-7-9-20-17(2)15-33-28(20)22)21(13-12-19-8-6-11-24(31)26(19)32)25-18(3)29(35)30(4,5)34-27(16)25/h6-11,14-15,18,29,33-35H,1-5H3/t18-,29+/m1/s1. The monoisotopic (exact) mass is 486 g/mol. The fourth-order valence-corrected chi connectivity index (χ4v) is 5.41. The van der Waals surface area contributed by atoms with E-state index in [2.05, 4.69) is 54.2 Å². The van der Waals surface area contributed by atoms with Crippen molar-refractivity contribution >= 4 is 28.2 Å². The van der Waals surface area contributed by atoms with Crippen molar-refractivity contribution in [2.75, 3.05) is 5.32 Å². The molecule has 4 aromatic rings. The van der Waals surface area contributed by atoms with Crippen LogP contribution in [-0.2, 0) is 0 Å². The molecule has 3 N–H and O–H groups in total. The number of aliphatic hydroxyl groups is 1. The van der Waals surface area contributed by atoms with E-state index in [-0.39, 0.29) is 16.5 Å². The van der Waals surface area contributed by atoms with E-state index in [9.17, 15) is 9.50 Å². The number of aromatic nitrogens is 1. The Hall–Kier alpha value is -3.26. The molecule has 0 saturated heterocycles. The van der Waals surface area contributed by atoms with Gasteiger partial charge in [0.05, 0.1) is 27.7 Å². The number of aromatic amines is 1. The van der Waals surface area contributed by atoms with Crippen molar-refractivity contribution in [3.8, 4) is 23.0 Å². The molecule has 0 amide bonds. The minimum absolute atomic E-state index is 0.0433. The molecule has 0 saturated carbocycles. The molecule has 5 rings (SSSR count). The van der Waals surface area contributed by atoms with Crippen LogP contribution in [0.25, 0.3) is 22.0 Å². The van der Waals surface area contributed by atoms with Gasteiger partial charge in [-0.05, 0) is 62.6 Å². The van der Waals surface area contributed by atoms with E-state index in [4.69, 9.17) is 11.6 Å². The molecule has 1 aliphatic rings. The average molecular weight is 487 g/mol. The van der Waals surface area contributed by atoms with Crippen LogP contribution in [-0.4, -0.2) is 21.7 Å². The van der Waals surface area contributed by atoms with E-state index >= 15 is 0 Å². The summed E-state index contributed by atoms with van der Waals surface area (Å²) >= 11 is 6.01. The normalized spacial score (nSPS) is 18.5. The first-order valence-electron chi connectivity index (χ1n) is 11.8. The average Bonchev–Trinajstić information content (AvgIpc) is 3.20. The second-order valence-corrected chi connectivity index (χ2v) is 10.4. The van der Waals surface area contributed by atoms with Crippen molar-refractivity contribution in [2.24, 2.45) is 0 Å². The van der Waals surface area contributed by atoms with E-state index in [1.54, 1.807) is 12.1 Å². The van der Waals surface area contributed by atoms with Gasteiger partial charge in [0.15, 0.2) is 5.82 Å². The van der Waals surface area contributed by atoms with Crippen LogP contribution < -0.4 is 5.32 Å². The summed E-state index contributed by atoms with van der Waals surface area (Å²) in [5.41, 5.74) is 7.66. The maximum absolute atomic E-state index is 14.7. The van der Waals surface area contributed by atoms with Crippen molar-refractivity contribution < 1.29 is 9.50 Å². The van der Waals surface area contributed by atoms with Crippen molar-refractivity contribution in [3.63, 3.8) is 0 Å². The number of hydrogen-bond acceptors (Lipinski definition) is 2. The number of aliphatic hydroxyl groups excluding tert-OH is 1. The van der Waals surface area contributed by atoms with E-state index in [0.29, 0.717) is 0 Å². The van der Waals surface area contributed by atoms with Crippen LogP contribution in [0.15, 0.2) is 48.7 Å². The molecule has 0 aliphatic carbocycles. The predicted octanol–water partition coefficient (Wildman–Crippen LogP) is 7.31. The molecule has 3 nitrogen and oxygen atoms in total. The van der Waals surface area contributed by atoms with Crippen LogP contribution in [0, 0.1) is 31.5 Å². The third kappa shape index (κ3) is 3.80. The summed E-state index contributed by atoms with van der Waals surface area (Å²) < 4.78 is 14.7. The highest BCUT2D eigenvalue weighted by Crippen LogP contribution is 2.46. The SMILES string of the molecule is Cc1cc(-c2cccc3c(C)c[nH]c23)c(C#Cc2cccc(Cl)c2F)c2c1NC(C)(C)[C@@H](O)[C@@H]2C. The van der Waals surface area contributed by atoms with Gasteiger partial charge in [-0.1, -0.05) is 54.6 Å². The Kier molecular flexibility index (Phi) is 5.67. The quantitative estimate of drug-likeness (QED) is 0.247. The van der Waals surface area contributed by atoms with E-state index in [1.165, 1.54) is 6.07 Å². The maximum atomic E-state index is 14.7. The summed E-state index contributed by atoms with van der Waals surface area (Å²) in [7, 11) is 0. The zero-order valence-corrected chi connectivity index (χ0v) is 21.2. The Morgan fingerprint density at radius 3 is 2.54 bits per heavy atom. The Labute approximate surface area is 210 Å². The molecule has 178 valence electrons. The van der Waals surface area contributed by atoms with Crippen LogP contribution in [0.3, 0.4) is 0 Å². The smallest absolute Gasteiger partial charge is 0.157 e. The molecule has 35 heavy (non-hydrogen) atoms. The van der Waals surface area contributed by atoms with Gasteiger partial charge in [-0.3, -0.25) is 0 Å². The topological polar surface area (TPSA) is 48.0 Å². The second-order valence-electron chi connectivity index (χ2n) is 10.0. The van der Waals surface area contributed by atoms with Gasteiger partial charge in [0, 0.05) is 39.9 Å². The lowest BCUT2D eigenvalue weighted by atomic mass is 9.75. The molecule has 5 heteroatoms. The van der Waals surface area contributed by atoms with Gasteiger partial charge in [0.25, 0.3) is 0 Å². The van der Waals surface area contributed by atoms with Crippen molar-refractivity contribution in [1.29, 1.82) is 0 Å².